The van der Waals surface area contributed by atoms with Crippen molar-refractivity contribution in [1.29, 1.82) is 5.26 Å². The summed E-state index contributed by atoms with van der Waals surface area (Å²) in [5.74, 6) is -0.473. The van der Waals surface area contributed by atoms with Crippen molar-refractivity contribution in [2.75, 3.05) is 0 Å². The van der Waals surface area contributed by atoms with Crippen LogP contribution in [0.25, 0.3) is 11.0 Å². The van der Waals surface area contributed by atoms with Crippen LogP contribution in [0.5, 0.6) is 0 Å². The molecule has 0 atom stereocenters. The number of hydrogen-bond donors (Lipinski definition) is 0. The van der Waals surface area contributed by atoms with Gasteiger partial charge in [-0.3, -0.25) is 13.9 Å². The lowest BCUT2D eigenvalue weighted by atomic mass is 10.1. The molecule has 0 saturated heterocycles. The van der Waals surface area contributed by atoms with Gasteiger partial charge in [0.2, 0.25) is 0 Å². The largest absolute Gasteiger partial charge is 0.332 e. The molecular formula is C17H14ClFN4O2. The molecule has 25 heavy (non-hydrogen) atoms. The second-order valence-electron chi connectivity index (χ2n) is 5.73. The summed E-state index contributed by atoms with van der Waals surface area (Å²) in [6.45, 7) is 0.0338. The van der Waals surface area contributed by atoms with Gasteiger partial charge in [-0.25, -0.2) is 9.18 Å². The normalized spacial score (nSPS) is 11.0. The van der Waals surface area contributed by atoms with Crippen LogP contribution in [0.15, 0.2) is 33.9 Å². The molecule has 2 heterocycles. The third-order valence-electron chi connectivity index (χ3n) is 4.25. The van der Waals surface area contributed by atoms with Crippen LogP contribution in [0.2, 0.25) is 5.15 Å². The van der Waals surface area contributed by atoms with Crippen molar-refractivity contribution >= 4 is 22.6 Å². The number of aromatic nitrogens is 3. The van der Waals surface area contributed by atoms with Crippen LogP contribution in [0, 0.1) is 17.1 Å². The van der Waals surface area contributed by atoms with E-state index in [0.29, 0.717) is 27.3 Å². The molecule has 0 aliphatic carbocycles. The fourth-order valence-corrected chi connectivity index (χ4v) is 3.13. The van der Waals surface area contributed by atoms with Crippen molar-refractivity contribution in [1.82, 2.24) is 13.7 Å². The second kappa shape index (κ2) is 6.22. The van der Waals surface area contributed by atoms with Gasteiger partial charge in [0, 0.05) is 20.6 Å². The standard InChI is InChI=1S/C17H14ClFN4O2/c1-21-14(18)8-13-15(21)22(2)17(25)23(16(13)24)6-5-10-7-12(19)4-3-11(10)9-20/h3-4,7-8H,5-6H2,1-2H3. The van der Waals surface area contributed by atoms with Crippen LogP contribution in [-0.2, 0) is 27.1 Å². The van der Waals surface area contributed by atoms with Gasteiger partial charge >= 0.3 is 5.69 Å². The van der Waals surface area contributed by atoms with E-state index in [1.54, 1.807) is 18.7 Å². The van der Waals surface area contributed by atoms with E-state index < -0.39 is 17.1 Å². The first-order chi connectivity index (χ1) is 11.8. The Morgan fingerprint density at radius 3 is 2.60 bits per heavy atom. The summed E-state index contributed by atoms with van der Waals surface area (Å²) >= 11 is 6.05. The topological polar surface area (TPSA) is 72.7 Å². The highest BCUT2D eigenvalue weighted by molar-refractivity contribution is 6.30. The van der Waals surface area contributed by atoms with Gasteiger partial charge in [0.25, 0.3) is 5.56 Å². The maximum atomic E-state index is 13.4. The van der Waals surface area contributed by atoms with Gasteiger partial charge in [-0.2, -0.15) is 5.26 Å². The zero-order valence-electron chi connectivity index (χ0n) is 13.6. The number of nitrogens with zero attached hydrogens (tertiary/aromatic N) is 4. The van der Waals surface area contributed by atoms with Crippen molar-refractivity contribution in [3.8, 4) is 6.07 Å². The Morgan fingerprint density at radius 1 is 1.20 bits per heavy atom. The van der Waals surface area contributed by atoms with Crippen LogP contribution in [-0.4, -0.2) is 13.7 Å². The number of benzene rings is 1. The Labute approximate surface area is 146 Å². The number of nitriles is 1. The second-order valence-corrected chi connectivity index (χ2v) is 6.11. The molecule has 3 rings (SSSR count). The molecule has 128 valence electrons. The van der Waals surface area contributed by atoms with Crippen LogP contribution in [0.3, 0.4) is 0 Å². The molecule has 0 saturated carbocycles. The van der Waals surface area contributed by atoms with E-state index in [0.717, 1.165) is 4.57 Å². The van der Waals surface area contributed by atoms with Gasteiger partial charge < -0.3 is 4.57 Å². The SMILES string of the molecule is Cn1c(Cl)cc2c(=O)n(CCc3cc(F)ccc3C#N)c(=O)n(C)c21. The number of fused-ring (bicyclic) bond motifs is 1. The number of rotatable bonds is 3. The molecule has 3 aromatic rings. The van der Waals surface area contributed by atoms with E-state index in [4.69, 9.17) is 16.9 Å². The lowest BCUT2D eigenvalue weighted by Gasteiger charge is -2.10. The van der Waals surface area contributed by atoms with E-state index in [1.165, 1.54) is 28.8 Å². The molecule has 6 nitrogen and oxygen atoms in total. The lowest BCUT2D eigenvalue weighted by Crippen LogP contribution is -2.39. The first-order valence-electron chi connectivity index (χ1n) is 7.48. The minimum atomic E-state index is -0.495. The summed E-state index contributed by atoms with van der Waals surface area (Å²) < 4.78 is 17.4. The fraction of sp³-hybridized carbons (Fsp3) is 0.235. The van der Waals surface area contributed by atoms with Gasteiger partial charge in [-0.05, 0) is 36.2 Å². The molecule has 8 heteroatoms. The summed E-state index contributed by atoms with van der Waals surface area (Å²) in [7, 11) is 3.22. The molecule has 0 aliphatic heterocycles. The number of halogens is 2. The van der Waals surface area contributed by atoms with Crippen molar-refractivity contribution < 1.29 is 4.39 Å². The van der Waals surface area contributed by atoms with Gasteiger partial charge in [0.15, 0.2) is 0 Å². The van der Waals surface area contributed by atoms with Crippen LogP contribution < -0.4 is 11.2 Å². The maximum Gasteiger partial charge on any atom is 0.332 e. The van der Waals surface area contributed by atoms with Crippen molar-refractivity contribution in [3.63, 3.8) is 0 Å². The summed E-state index contributed by atoms with van der Waals surface area (Å²) in [6, 6.07) is 7.32. The first-order valence-corrected chi connectivity index (χ1v) is 7.86. The molecule has 0 radical (unpaired) electrons. The molecule has 0 spiro atoms. The van der Waals surface area contributed by atoms with Gasteiger partial charge in [0.05, 0.1) is 17.0 Å². The average Bonchev–Trinajstić information content (AvgIpc) is 2.88. The van der Waals surface area contributed by atoms with Crippen LogP contribution in [0.4, 0.5) is 4.39 Å². The zero-order chi connectivity index (χ0) is 18.3. The summed E-state index contributed by atoms with van der Waals surface area (Å²) in [4.78, 5) is 25.2. The molecule has 0 aliphatic rings. The Hall–Kier alpha value is -2.85. The number of hydrogen-bond acceptors (Lipinski definition) is 3. The zero-order valence-corrected chi connectivity index (χ0v) is 14.3. The van der Waals surface area contributed by atoms with E-state index in [9.17, 15) is 14.0 Å². The maximum absolute atomic E-state index is 13.4. The van der Waals surface area contributed by atoms with Gasteiger partial charge in [0.1, 0.15) is 16.6 Å². The molecular weight excluding hydrogens is 347 g/mol. The highest BCUT2D eigenvalue weighted by atomic mass is 35.5. The predicted octanol–water partition coefficient (Wildman–Crippen LogP) is 1.95. The van der Waals surface area contributed by atoms with E-state index >= 15 is 0 Å². The Balaban J connectivity index is 2.10. The van der Waals surface area contributed by atoms with Gasteiger partial charge in [-0.1, -0.05) is 11.6 Å². The molecule has 2 aromatic heterocycles. The average molecular weight is 361 g/mol. The van der Waals surface area contributed by atoms with Gasteiger partial charge in [-0.15, -0.1) is 0 Å². The van der Waals surface area contributed by atoms with E-state index in [1.807, 2.05) is 6.07 Å². The molecule has 0 N–H and O–H groups in total. The first kappa shape index (κ1) is 17.0. The monoisotopic (exact) mass is 360 g/mol. The van der Waals surface area contributed by atoms with Crippen LogP contribution in [0.1, 0.15) is 11.1 Å². The smallest absolute Gasteiger partial charge is 0.321 e. The predicted molar refractivity (Wildman–Crippen MR) is 92.2 cm³/mol. The van der Waals surface area contributed by atoms with Crippen molar-refractivity contribution in [2.24, 2.45) is 14.1 Å². The Morgan fingerprint density at radius 2 is 1.92 bits per heavy atom. The summed E-state index contributed by atoms with van der Waals surface area (Å²) in [6.07, 6.45) is 0.182. The minimum absolute atomic E-state index is 0.0338. The fourth-order valence-electron chi connectivity index (χ4n) is 2.94. The Bertz CT molecular complexity index is 1150. The molecule has 0 bridgehead atoms. The molecule has 0 fully saturated rings. The summed E-state index contributed by atoms with van der Waals surface area (Å²) in [5.41, 5.74) is 0.234. The third-order valence-corrected chi connectivity index (χ3v) is 4.61. The van der Waals surface area contributed by atoms with E-state index in [-0.39, 0.29) is 13.0 Å². The van der Waals surface area contributed by atoms with E-state index in [2.05, 4.69) is 0 Å². The molecule has 0 unspecified atom stereocenters. The highest BCUT2D eigenvalue weighted by Crippen LogP contribution is 2.18. The highest BCUT2D eigenvalue weighted by Gasteiger charge is 2.16. The minimum Gasteiger partial charge on any atom is -0.321 e. The summed E-state index contributed by atoms with van der Waals surface area (Å²) in [5, 5.41) is 9.78. The van der Waals surface area contributed by atoms with Crippen molar-refractivity contribution in [3.05, 3.63) is 67.2 Å². The lowest BCUT2D eigenvalue weighted by molar-refractivity contribution is 0.593. The quantitative estimate of drug-likeness (QED) is 0.716. The van der Waals surface area contributed by atoms with Crippen molar-refractivity contribution in [2.45, 2.75) is 13.0 Å². The molecule has 1 aromatic carbocycles. The molecule has 0 amide bonds. The Kier molecular flexibility index (Phi) is 4.23. The third kappa shape index (κ3) is 2.75. The number of aryl methyl sites for hydroxylation is 3. The van der Waals surface area contributed by atoms with Crippen LogP contribution >= 0.6 is 11.6 Å².